The minimum Gasteiger partial charge on any atom is -0.341 e. The minimum absolute atomic E-state index is 0.00908. The third kappa shape index (κ3) is 3.06. The third-order valence-corrected chi connectivity index (χ3v) is 4.76. The van der Waals surface area contributed by atoms with Gasteiger partial charge in [0, 0.05) is 38.4 Å². The number of carbonyl (C=O) groups is 1. The lowest BCUT2D eigenvalue weighted by atomic mass is 9.92. The fourth-order valence-corrected chi connectivity index (χ4v) is 3.43. The molecular formula is C16H25N5O. The highest BCUT2D eigenvalue weighted by atomic mass is 16.2. The number of piperidine rings is 1. The van der Waals surface area contributed by atoms with Crippen molar-refractivity contribution in [2.75, 3.05) is 31.1 Å². The van der Waals surface area contributed by atoms with Crippen molar-refractivity contribution >= 4 is 11.9 Å². The van der Waals surface area contributed by atoms with Gasteiger partial charge in [0.1, 0.15) is 5.69 Å². The average molecular weight is 303 g/mol. The summed E-state index contributed by atoms with van der Waals surface area (Å²) in [5.74, 6) is 1.30. The molecule has 2 saturated heterocycles. The van der Waals surface area contributed by atoms with Crippen molar-refractivity contribution in [1.82, 2.24) is 14.9 Å². The number of hydrogen-bond donors (Lipinski definition) is 1. The summed E-state index contributed by atoms with van der Waals surface area (Å²) >= 11 is 0. The van der Waals surface area contributed by atoms with Gasteiger partial charge in [0.2, 0.25) is 5.95 Å². The molecule has 0 bridgehead atoms. The maximum absolute atomic E-state index is 12.8. The Hall–Kier alpha value is -1.69. The van der Waals surface area contributed by atoms with E-state index in [9.17, 15) is 4.79 Å². The molecule has 1 aromatic rings. The molecule has 2 aliphatic heterocycles. The summed E-state index contributed by atoms with van der Waals surface area (Å²) in [6, 6.07) is 1.84. The molecule has 22 heavy (non-hydrogen) atoms. The number of hydrogen-bond acceptors (Lipinski definition) is 5. The fraction of sp³-hybridized carbons (Fsp3) is 0.688. The molecule has 1 aromatic heterocycles. The Labute approximate surface area is 131 Å². The standard InChI is InChI=1S/C16H25N5O/c1-12-5-9-21(13(10-12)11-17)15(22)14-4-6-18-16(19-14)20-7-2-3-8-20/h4,6,12-13H,2-3,5,7-11,17H2,1H3. The van der Waals surface area contributed by atoms with Crippen molar-refractivity contribution in [2.24, 2.45) is 11.7 Å². The molecule has 120 valence electrons. The number of aromatic nitrogens is 2. The van der Waals surface area contributed by atoms with Gasteiger partial charge in [-0.1, -0.05) is 6.92 Å². The van der Waals surface area contributed by atoms with Crippen molar-refractivity contribution in [3.63, 3.8) is 0 Å². The summed E-state index contributed by atoms with van der Waals surface area (Å²) in [5, 5.41) is 0. The smallest absolute Gasteiger partial charge is 0.272 e. The molecule has 2 N–H and O–H groups in total. The lowest BCUT2D eigenvalue weighted by molar-refractivity contribution is 0.0567. The van der Waals surface area contributed by atoms with Gasteiger partial charge < -0.3 is 15.5 Å². The average Bonchev–Trinajstić information content (AvgIpc) is 3.08. The van der Waals surface area contributed by atoms with Crippen LogP contribution < -0.4 is 10.6 Å². The van der Waals surface area contributed by atoms with Gasteiger partial charge >= 0.3 is 0 Å². The van der Waals surface area contributed by atoms with Crippen LogP contribution in [0, 0.1) is 5.92 Å². The first-order valence-electron chi connectivity index (χ1n) is 8.28. The number of likely N-dealkylation sites (tertiary alicyclic amines) is 1. The summed E-state index contributed by atoms with van der Waals surface area (Å²) in [6.07, 6.45) is 6.04. The highest BCUT2D eigenvalue weighted by Gasteiger charge is 2.30. The number of rotatable bonds is 3. The number of nitrogens with zero attached hydrogens (tertiary/aromatic N) is 4. The molecule has 0 aliphatic carbocycles. The lowest BCUT2D eigenvalue weighted by Crippen LogP contribution is -2.49. The SMILES string of the molecule is CC1CCN(C(=O)c2ccnc(N3CCCC3)n2)C(CN)C1. The summed E-state index contributed by atoms with van der Waals surface area (Å²) in [5.41, 5.74) is 6.36. The zero-order chi connectivity index (χ0) is 15.5. The van der Waals surface area contributed by atoms with Gasteiger partial charge in [-0.05, 0) is 37.7 Å². The van der Waals surface area contributed by atoms with E-state index >= 15 is 0 Å². The van der Waals surface area contributed by atoms with E-state index < -0.39 is 0 Å². The van der Waals surface area contributed by atoms with E-state index in [2.05, 4.69) is 21.8 Å². The van der Waals surface area contributed by atoms with Crippen LogP contribution in [0.1, 0.15) is 43.1 Å². The highest BCUT2D eigenvalue weighted by molar-refractivity contribution is 5.92. The second-order valence-corrected chi connectivity index (χ2v) is 6.45. The Morgan fingerprint density at radius 2 is 2.14 bits per heavy atom. The molecule has 3 heterocycles. The molecular weight excluding hydrogens is 278 g/mol. The first-order valence-corrected chi connectivity index (χ1v) is 8.28. The van der Waals surface area contributed by atoms with E-state index in [0.717, 1.165) is 32.5 Å². The molecule has 2 atom stereocenters. The van der Waals surface area contributed by atoms with Crippen LogP contribution in [0.15, 0.2) is 12.3 Å². The largest absolute Gasteiger partial charge is 0.341 e. The Kier molecular flexibility index (Phi) is 4.57. The normalized spacial score (nSPS) is 25.5. The number of nitrogens with two attached hydrogens (primary N) is 1. The van der Waals surface area contributed by atoms with Crippen LogP contribution >= 0.6 is 0 Å². The van der Waals surface area contributed by atoms with E-state index in [1.165, 1.54) is 12.8 Å². The second-order valence-electron chi connectivity index (χ2n) is 6.45. The van der Waals surface area contributed by atoms with Crippen LogP contribution in [0.2, 0.25) is 0 Å². The molecule has 3 rings (SSSR count). The third-order valence-electron chi connectivity index (χ3n) is 4.76. The predicted octanol–water partition coefficient (Wildman–Crippen LogP) is 1.28. The topological polar surface area (TPSA) is 75.4 Å². The Morgan fingerprint density at radius 3 is 2.86 bits per heavy atom. The van der Waals surface area contributed by atoms with Gasteiger partial charge in [0.05, 0.1) is 0 Å². The predicted molar refractivity (Wildman–Crippen MR) is 85.8 cm³/mol. The van der Waals surface area contributed by atoms with Crippen LogP contribution in [-0.2, 0) is 0 Å². The maximum atomic E-state index is 12.8. The van der Waals surface area contributed by atoms with Crippen LogP contribution in [-0.4, -0.2) is 53.0 Å². The molecule has 0 radical (unpaired) electrons. The molecule has 1 amide bonds. The van der Waals surface area contributed by atoms with Crippen LogP contribution in [0.3, 0.4) is 0 Å². The van der Waals surface area contributed by atoms with Crippen molar-refractivity contribution in [3.05, 3.63) is 18.0 Å². The van der Waals surface area contributed by atoms with Crippen molar-refractivity contribution in [2.45, 2.75) is 38.6 Å². The minimum atomic E-state index is -0.00908. The first kappa shape index (κ1) is 15.2. The van der Waals surface area contributed by atoms with Gasteiger partial charge in [-0.2, -0.15) is 0 Å². The molecule has 2 aliphatic rings. The van der Waals surface area contributed by atoms with E-state index in [1.54, 1.807) is 12.3 Å². The van der Waals surface area contributed by atoms with Gasteiger partial charge in [0.25, 0.3) is 5.91 Å². The van der Waals surface area contributed by atoms with Gasteiger partial charge in [-0.15, -0.1) is 0 Å². The fourth-order valence-electron chi connectivity index (χ4n) is 3.43. The molecule has 0 saturated carbocycles. The summed E-state index contributed by atoms with van der Waals surface area (Å²) in [7, 11) is 0. The maximum Gasteiger partial charge on any atom is 0.272 e. The summed E-state index contributed by atoms with van der Waals surface area (Å²) in [4.78, 5) is 25.7. The number of amides is 1. The van der Waals surface area contributed by atoms with Crippen LogP contribution in [0.4, 0.5) is 5.95 Å². The summed E-state index contributed by atoms with van der Waals surface area (Å²) < 4.78 is 0. The van der Waals surface area contributed by atoms with Gasteiger partial charge in [-0.25, -0.2) is 9.97 Å². The Morgan fingerprint density at radius 1 is 1.36 bits per heavy atom. The molecule has 6 heteroatoms. The van der Waals surface area contributed by atoms with E-state index in [4.69, 9.17) is 5.73 Å². The number of carbonyl (C=O) groups excluding carboxylic acids is 1. The second kappa shape index (κ2) is 6.60. The van der Waals surface area contributed by atoms with Crippen molar-refractivity contribution in [3.8, 4) is 0 Å². The zero-order valence-electron chi connectivity index (χ0n) is 13.2. The summed E-state index contributed by atoms with van der Waals surface area (Å²) in [6.45, 7) is 5.46. The number of anilines is 1. The van der Waals surface area contributed by atoms with Crippen LogP contribution in [0.25, 0.3) is 0 Å². The zero-order valence-corrected chi connectivity index (χ0v) is 13.2. The first-order chi connectivity index (χ1) is 10.7. The Bertz CT molecular complexity index is 529. The van der Waals surface area contributed by atoms with Crippen molar-refractivity contribution < 1.29 is 4.79 Å². The highest BCUT2D eigenvalue weighted by Crippen LogP contribution is 2.24. The van der Waals surface area contributed by atoms with E-state index in [0.29, 0.717) is 24.1 Å². The molecule has 0 spiro atoms. The van der Waals surface area contributed by atoms with E-state index in [-0.39, 0.29) is 11.9 Å². The van der Waals surface area contributed by atoms with Crippen molar-refractivity contribution in [1.29, 1.82) is 0 Å². The van der Waals surface area contributed by atoms with Gasteiger partial charge in [0.15, 0.2) is 0 Å². The van der Waals surface area contributed by atoms with E-state index in [1.807, 2.05) is 4.90 Å². The van der Waals surface area contributed by atoms with Gasteiger partial charge in [-0.3, -0.25) is 4.79 Å². The molecule has 0 aromatic carbocycles. The lowest BCUT2D eigenvalue weighted by Gasteiger charge is -2.37. The molecule has 2 fully saturated rings. The Balaban J connectivity index is 1.77. The molecule has 2 unspecified atom stereocenters. The quantitative estimate of drug-likeness (QED) is 0.910. The monoisotopic (exact) mass is 303 g/mol. The molecule has 6 nitrogen and oxygen atoms in total. The van der Waals surface area contributed by atoms with Crippen LogP contribution in [0.5, 0.6) is 0 Å².